The van der Waals surface area contributed by atoms with Gasteiger partial charge < -0.3 is 10.6 Å². The van der Waals surface area contributed by atoms with Crippen LogP contribution in [-0.4, -0.2) is 43.6 Å². The van der Waals surface area contributed by atoms with E-state index in [1.54, 1.807) is 6.07 Å². The van der Waals surface area contributed by atoms with Crippen LogP contribution < -0.4 is 10.9 Å². The molecule has 0 aliphatic heterocycles. The van der Waals surface area contributed by atoms with Gasteiger partial charge in [-0.25, -0.2) is 13.6 Å². The van der Waals surface area contributed by atoms with Gasteiger partial charge in [-0.05, 0) is 23.3 Å². The van der Waals surface area contributed by atoms with Crippen molar-refractivity contribution in [2.45, 2.75) is 17.6 Å². The number of primary sulfonamides is 1. The summed E-state index contributed by atoms with van der Waals surface area (Å²) in [5.41, 5.74) is 6.38. The molecule has 0 radical (unpaired) electrons. The van der Waals surface area contributed by atoms with Gasteiger partial charge in [-0.2, -0.15) is 13.2 Å². The van der Waals surface area contributed by atoms with Gasteiger partial charge in [-0.15, -0.1) is 0 Å². The van der Waals surface area contributed by atoms with Crippen molar-refractivity contribution < 1.29 is 31.2 Å². The Bertz CT molecular complexity index is 1420. The number of ketones is 1. The highest BCUT2D eigenvalue weighted by atomic mass is 32.2. The number of Topliss-reactive ketones (excluding diaryl/α,β-unsaturated/α-hetero) is 1. The summed E-state index contributed by atoms with van der Waals surface area (Å²) < 4.78 is 63.3. The summed E-state index contributed by atoms with van der Waals surface area (Å²) >= 11 is 0. The second-order valence-corrected chi connectivity index (χ2v) is 9.37. The van der Waals surface area contributed by atoms with Crippen molar-refractivity contribution in [1.82, 2.24) is 4.90 Å². The van der Waals surface area contributed by atoms with Crippen LogP contribution in [0.25, 0.3) is 11.1 Å². The SMILES string of the molecule is N=C(N)c1cccc(CN(CC(F)(F)F)C(=O)C(=O)c2ccc(-c3ccccc3S(N)(=O)=O)cc2)c1. The Hall–Kier alpha value is -4.03. The van der Waals surface area contributed by atoms with Crippen molar-refractivity contribution in [3.8, 4) is 11.1 Å². The Morgan fingerprint density at radius 3 is 2.14 bits per heavy atom. The number of nitrogens with two attached hydrogens (primary N) is 2. The highest BCUT2D eigenvalue weighted by molar-refractivity contribution is 7.89. The lowest BCUT2D eigenvalue weighted by Gasteiger charge is -2.23. The van der Waals surface area contributed by atoms with Crippen LogP contribution in [-0.2, 0) is 21.4 Å². The maximum Gasteiger partial charge on any atom is 0.406 e. The third-order valence-electron chi connectivity index (χ3n) is 5.11. The minimum Gasteiger partial charge on any atom is -0.384 e. The van der Waals surface area contributed by atoms with E-state index in [9.17, 15) is 31.2 Å². The van der Waals surface area contributed by atoms with Crippen molar-refractivity contribution >= 4 is 27.5 Å². The minimum atomic E-state index is -4.77. The van der Waals surface area contributed by atoms with Crippen LogP contribution >= 0.6 is 0 Å². The zero-order valence-electron chi connectivity index (χ0n) is 18.6. The molecule has 0 aliphatic carbocycles. The van der Waals surface area contributed by atoms with Gasteiger partial charge in [-0.1, -0.05) is 60.7 Å². The topological polar surface area (TPSA) is 147 Å². The summed E-state index contributed by atoms with van der Waals surface area (Å²) in [6, 6.07) is 16.8. The van der Waals surface area contributed by atoms with Gasteiger partial charge in [0.15, 0.2) is 0 Å². The molecule has 3 aromatic rings. The smallest absolute Gasteiger partial charge is 0.384 e. The van der Waals surface area contributed by atoms with Crippen LogP contribution in [0.2, 0.25) is 0 Å². The van der Waals surface area contributed by atoms with Gasteiger partial charge in [0.2, 0.25) is 15.8 Å². The van der Waals surface area contributed by atoms with Gasteiger partial charge in [0.1, 0.15) is 12.4 Å². The largest absolute Gasteiger partial charge is 0.406 e. The number of hydrogen-bond acceptors (Lipinski definition) is 5. The zero-order valence-corrected chi connectivity index (χ0v) is 19.4. The van der Waals surface area contributed by atoms with Gasteiger partial charge in [0.25, 0.3) is 5.91 Å². The fourth-order valence-electron chi connectivity index (χ4n) is 3.50. The van der Waals surface area contributed by atoms with Crippen LogP contribution in [0.15, 0.2) is 77.7 Å². The molecule has 0 aromatic heterocycles. The van der Waals surface area contributed by atoms with Gasteiger partial charge in [0.05, 0.1) is 4.90 Å². The lowest BCUT2D eigenvalue weighted by atomic mass is 10.0. The molecule has 1 amide bonds. The molecule has 0 aliphatic rings. The molecule has 0 saturated heterocycles. The second kappa shape index (κ2) is 10.3. The first kappa shape index (κ1) is 26.6. The maximum absolute atomic E-state index is 13.2. The summed E-state index contributed by atoms with van der Waals surface area (Å²) in [6.45, 7) is -2.20. The van der Waals surface area contributed by atoms with Gasteiger partial charge in [-0.3, -0.25) is 15.0 Å². The number of nitrogen functional groups attached to an aromatic ring is 1. The first-order valence-corrected chi connectivity index (χ1v) is 11.9. The Morgan fingerprint density at radius 1 is 0.917 bits per heavy atom. The fraction of sp³-hybridized carbons (Fsp3) is 0.125. The number of amidine groups is 1. The molecule has 0 heterocycles. The molecule has 0 spiro atoms. The molecule has 0 unspecified atom stereocenters. The number of carbonyl (C=O) groups excluding carboxylic acids is 2. The quantitative estimate of drug-likeness (QED) is 0.181. The molecule has 0 atom stereocenters. The summed E-state index contributed by atoms with van der Waals surface area (Å²) in [5.74, 6) is -2.85. The molecule has 0 fully saturated rings. The van der Waals surface area contributed by atoms with E-state index in [4.69, 9.17) is 16.3 Å². The van der Waals surface area contributed by atoms with Crippen molar-refractivity contribution in [3.05, 3.63) is 89.5 Å². The van der Waals surface area contributed by atoms with Crippen molar-refractivity contribution in [3.63, 3.8) is 0 Å². The Labute approximate surface area is 204 Å². The molecular formula is C24H21F3N4O4S. The standard InChI is InChI=1S/C24H21F3N4O4S/c25-24(26,27)14-31(13-15-4-3-5-18(12-15)22(28)29)23(33)21(32)17-10-8-16(9-11-17)19-6-1-2-7-20(19)36(30,34)35/h1-12H,13-14H2,(H3,28,29)(H2,30,34,35). The van der Waals surface area contributed by atoms with E-state index in [0.29, 0.717) is 10.5 Å². The van der Waals surface area contributed by atoms with E-state index in [1.165, 1.54) is 66.7 Å². The van der Waals surface area contributed by atoms with Crippen molar-refractivity contribution in [2.24, 2.45) is 10.9 Å². The summed E-state index contributed by atoms with van der Waals surface area (Å²) in [5, 5.41) is 12.7. The highest BCUT2D eigenvalue weighted by Gasteiger charge is 2.35. The fourth-order valence-corrected chi connectivity index (χ4v) is 4.26. The number of alkyl halides is 3. The Kier molecular flexibility index (Phi) is 7.60. The number of sulfonamides is 1. The Morgan fingerprint density at radius 2 is 1.56 bits per heavy atom. The van der Waals surface area contributed by atoms with E-state index < -0.39 is 41.0 Å². The summed E-state index contributed by atoms with van der Waals surface area (Å²) in [4.78, 5) is 25.8. The van der Waals surface area contributed by atoms with E-state index in [1.807, 2.05) is 0 Å². The number of carbonyl (C=O) groups is 2. The lowest BCUT2D eigenvalue weighted by molar-refractivity contribution is -0.159. The first-order chi connectivity index (χ1) is 16.8. The molecule has 0 bridgehead atoms. The molecule has 3 aromatic carbocycles. The minimum absolute atomic E-state index is 0.149. The third kappa shape index (κ3) is 6.55. The second-order valence-electron chi connectivity index (χ2n) is 7.84. The van der Waals surface area contributed by atoms with E-state index in [0.717, 1.165) is 0 Å². The van der Waals surface area contributed by atoms with Gasteiger partial charge in [0, 0.05) is 23.2 Å². The first-order valence-electron chi connectivity index (χ1n) is 10.3. The number of amides is 1. The van der Waals surface area contributed by atoms with E-state index in [2.05, 4.69) is 0 Å². The number of halogens is 3. The number of rotatable bonds is 8. The summed E-state index contributed by atoms with van der Waals surface area (Å²) in [6.07, 6.45) is -4.77. The lowest BCUT2D eigenvalue weighted by Crippen LogP contribution is -2.42. The van der Waals surface area contributed by atoms with Crippen LogP contribution in [0.1, 0.15) is 21.5 Å². The van der Waals surface area contributed by atoms with E-state index in [-0.39, 0.29) is 33.0 Å². The average Bonchev–Trinajstić information content (AvgIpc) is 2.81. The molecule has 36 heavy (non-hydrogen) atoms. The van der Waals surface area contributed by atoms with Crippen LogP contribution in [0.5, 0.6) is 0 Å². The predicted molar refractivity (Wildman–Crippen MR) is 127 cm³/mol. The molecule has 8 nitrogen and oxygen atoms in total. The normalized spacial score (nSPS) is 11.7. The monoisotopic (exact) mass is 518 g/mol. The predicted octanol–water partition coefficient (Wildman–Crippen LogP) is 3.06. The van der Waals surface area contributed by atoms with Crippen LogP contribution in [0, 0.1) is 5.41 Å². The maximum atomic E-state index is 13.2. The number of nitrogens with zero attached hydrogens (tertiary/aromatic N) is 1. The summed E-state index contributed by atoms with van der Waals surface area (Å²) in [7, 11) is -4.04. The molecule has 0 saturated carbocycles. The molecule has 5 N–H and O–H groups in total. The number of benzene rings is 3. The molecular weight excluding hydrogens is 497 g/mol. The van der Waals surface area contributed by atoms with Crippen molar-refractivity contribution in [1.29, 1.82) is 5.41 Å². The Balaban J connectivity index is 1.89. The third-order valence-corrected chi connectivity index (χ3v) is 6.08. The van der Waals surface area contributed by atoms with Crippen LogP contribution in [0.4, 0.5) is 13.2 Å². The van der Waals surface area contributed by atoms with E-state index >= 15 is 0 Å². The zero-order chi connectivity index (χ0) is 26.7. The average molecular weight is 519 g/mol. The molecule has 3 rings (SSSR count). The highest BCUT2D eigenvalue weighted by Crippen LogP contribution is 2.27. The van der Waals surface area contributed by atoms with Crippen molar-refractivity contribution in [2.75, 3.05) is 6.54 Å². The van der Waals surface area contributed by atoms with Crippen LogP contribution in [0.3, 0.4) is 0 Å². The molecule has 12 heteroatoms. The number of hydrogen-bond donors (Lipinski definition) is 3. The van der Waals surface area contributed by atoms with Gasteiger partial charge >= 0.3 is 6.18 Å². The number of nitrogens with one attached hydrogen (secondary N) is 1. The molecule has 188 valence electrons.